The molecule has 0 aromatic carbocycles. The number of Topliss-reactive ketones (excluding diaryl/α,β-unsaturated/α-hetero) is 1. The van der Waals surface area contributed by atoms with E-state index in [2.05, 4.69) is 25.9 Å². The molecule has 2 N–H and O–H groups in total. The average molecular weight is 292 g/mol. The molecule has 0 radical (unpaired) electrons. The highest BCUT2D eigenvalue weighted by atomic mass is 79.9. The third-order valence-electron chi connectivity index (χ3n) is 2.22. The molecule has 0 amide bonds. The lowest BCUT2D eigenvalue weighted by Crippen LogP contribution is -2.06. The molecule has 2 heterocycles. The first-order chi connectivity index (χ1) is 8.15. The Bertz CT molecular complexity index is 540. The Morgan fingerprint density at radius 2 is 2.12 bits per heavy atom. The number of halogens is 1. The van der Waals surface area contributed by atoms with Gasteiger partial charge in [-0.2, -0.15) is 0 Å². The fourth-order valence-corrected chi connectivity index (χ4v) is 1.66. The third-order valence-corrected chi connectivity index (χ3v) is 2.69. The van der Waals surface area contributed by atoms with Gasteiger partial charge in [-0.3, -0.25) is 9.78 Å². The lowest BCUT2D eigenvalue weighted by Gasteiger charge is -2.01. The third kappa shape index (κ3) is 3.10. The Kier molecular flexibility index (Phi) is 3.49. The van der Waals surface area contributed by atoms with Gasteiger partial charge in [0.2, 0.25) is 0 Å². The number of anilines is 1. The first-order valence-corrected chi connectivity index (χ1v) is 5.79. The molecule has 0 atom stereocenters. The zero-order valence-electron chi connectivity index (χ0n) is 8.93. The van der Waals surface area contributed by atoms with Gasteiger partial charge in [0.15, 0.2) is 5.78 Å². The van der Waals surface area contributed by atoms with Gasteiger partial charge in [-0.25, -0.2) is 4.98 Å². The van der Waals surface area contributed by atoms with Crippen LogP contribution in [0.5, 0.6) is 0 Å². The summed E-state index contributed by atoms with van der Waals surface area (Å²) < 4.78 is 0.849. The number of carbonyl (C=O) groups is 1. The molecule has 0 aliphatic heterocycles. The molecule has 0 saturated heterocycles. The van der Waals surface area contributed by atoms with E-state index in [4.69, 9.17) is 5.73 Å². The average Bonchev–Trinajstić information content (AvgIpc) is 2.29. The summed E-state index contributed by atoms with van der Waals surface area (Å²) in [4.78, 5) is 19.8. The van der Waals surface area contributed by atoms with Crippen LogP contribution in [0.4, 0.5) is 5.82 Å². The lowest BCUT2D eigenvalue weighted by molar-refractivity contribution is 0.0988. The molecule has 2 rings (SSSR count). The topological polar surface area (TPSA) is 68.9 Å². The van der Waals surface area contributed by atoms with Crippen molar-refractivity contribution in [2.75, 3.05) is 5.73 Å². The van der Waals surface area contributed by atoms with E-state index in [0.717, 1.165) is 10.0 Å². The van der Waals surface area contributed by atoms with Crippen molar-refractivity contribution < 1.29 is 4.79 Å². The van der Waals surface area contributed by atoms with Gasteiger partial charge >= 0.3 is 0 Å². The van der Waals surface area contributed by atoms with Gasteiger partial charge < -0.3 is 5.73 Å². The van der Waals surface area contributed by atoms with Crippen LogP contribution in [0.1, 0.15) is 16.1 Å². The number of hydrogen-bond acceptors (Lipinski definition) is 4. The van der Waals surface area contributed by atoms with Crippen molar-refractivity contribution in [1.29, 1.82) is 0 Å². The van der Waals surface area contributed by atoms with Crippen molar-refractivity contribution in [1.82, 2.24) is 9.97 Å². The molecule has 0 spiro atoms. The second kappa shape index (κ2) is 5.05. The molecule has 86 valence electrons. The Labute approximate surface area is 107 Å². The fraction of sp³-hybridized carbons (Fsp3) is 0.0833. The molecule has 0 unspecified atom stereocenters. The Balaban J connectivity index is 2.14. The van der Waals surface area contributed by atoms with Gasteiger partial charge in [-0.1, -0.05) is 0 Å². The predicted molar refractivity (Wildman–Crippen MR) is 68.6 cm³/mol. The van der Waals surface area contributed by atoms with Gasteiger partial charge in [0.25, 0.3) is 0 Å². The normalized spacial score (nSPS) is 10.2. The van der Waals surface area contributed by atoms with Crippen LogP contribution in [0.3, 0.4) is 0 Å². The summed E-state index contributed by atoms with van der Waals surface area (Å²) in [6, 6.07) is 6.95. The summed E-state index contributed by atoms with van der Waals surface area (Å²) in [5.74, 6) is 0.377. The van der Waals surface area contributed by atoms with Crippen molar-refractivity contribution in [3.63, 3.8) is 0 Å². The summed E-state index contributed by atoms with van der Waals surface area (Å²) in [5, 5.41) is 0. The maximum atomic E-state index is 11.9. The number of ketones is 1. The number of nitrogen functional groups attached to an aromatic ring is 1. The van der Waals surface area contributed by atoms with E-state index in [1.54, 1.807) is 36.7 Å². The second-order valence-corrected chi connectivity index (χ2v) is 4.47. The van der Waals surface area contributed by atoms with Crippen molar-refractivity contribution in [2.24, 2.45) is 0 Å². The molecular formula is C12H10BrN3O. The van der Waals surface area contributed by atoms with Crippen LogP contribution in [0.25, 0.3) is 0 Å². The van der Waals surface area contributed by atoms with E-state index in [-0.39, 0.29) is 12.2 Å². The van der Waals surface area contributed by atoms with Gasteiger partial charge in [0, 0.05) is 23.3 Å². The van der Waals surface area contributed by atoms with Crippen LogP contribution < -0.4 is 5.73 Å². The molecule has 0 aliphatic carbocycles. The predicted octanol–water partition coefficient (Wildman–Crippen LogP) is 2.25. The summed E-state index contributed by atoms with van der Waals surface area (Å²) in [5.41, 5.74) is 6.84. The first-order valence-electron chi connectivity index (χ1n) is 5.00. The summed E-state index contributed by atoms with van der Waals surface area (Å²) in [7, 11) is 0. The first kappa shape index (κ1) is 11.7. The van der Waals surface area contributed by atoms with Crippen molar-refractivity contribution >= 4 is 27.5 Å². The highest BCUT2D eigenvalue weighted by Gasteiger charge is 2.08. The molecule has 0 bridgehead atoms. The largest absolute Gasteiger partial charge is 0.384 e. The SMILES string of the molecule is Nc1cc(CC(=O)c2ccc(Br)cn2)ccn1. The highest BCUT2D eigenvalue weighted by molar-refractivity contribution is 9.10. The van der Waals surface area contributed by atoms with E-state index in [1.165, 1.54) is 0 Å². The molecule has 4 nitrogen and oxygen atoms in total. The van der Waals surface area contributed by atoms with Crippen LogP contribution >= 0.6 is 15.9 Å². The Morgan fingerprint density at radius 1 is 1.29 bits per heavy atom. The Hall–Kier alpha value is -1.75. The molecule has 2 aromatic rings. The minimum atomic E-state index is -0.0388. The monoisotopic (exact) mass is 291 g/mol. The van der Waals surface area contributed by atoms with Gasteiger partial charge in [-0.05, 0) is 45.8 Å². The summed E-state index contributed by atoms with van der Waals surface area (Å²) in [6.07, 6.45) is 3.47. The van der Waals surface area contributed by atoms with Crippen LogP contribution in [-0.2, 0) is 6.42 Å². The van der Waals surface area contributed by atoms with Crippen molar-refractivity contribution in [3.8, 4) is 0 Å². The molecule has 0 saturated carbocycles. The second-order valence-electron chi connectivity index (χ2n) is 3.55. The number of carbonyl (C=O) groups excluding carboxylic acids is 1. The minimum Gasteiger partial charge on any atom is -0.384 e. The molecular weight excluding hydrogens is 282 g/mol. The van der Waals surface area contributed by atoms with E-state index in [9.17, 15) is 4.79 Å². The van der Waals surface area contributed by atoms with Gasteiger partial charge in [0.1, 0.15) is 11.5 Å². The Morgan fingerprint density at radius 3 is 2.76 bits per heavy atom. The minimum absolute atomic E-state index is 0.0388. The van der Waals surface area contributed by atoms with E-state index in [1.807, 2.05) is 0 Å². The fourth-order valence-electron chi connectivity index (χ4n) is 1.42. The molecule has 5 heteroatoms. The van der Waals surface area contributed by atoms with Crippen LogP contribution in [0, 0.1) is 0 Å². The molecule has 0 fully saturated rings. The summed E-state index contributed by atoms with van der Waals surface area (Å²) >= 11 is 3.27. The van der Waals surface area contributed by atoms with E-state index < -0.39 is 0 Å². The number of rotatable bonds is 3. The molecule has 17 heavy (non-hydrogen) atoms. The highest BCUT2D eigenvalue weighted by Crippen LogP contribution is 2.11. The van der Waals surface area contributed by atoms with Crippen LogP contribution in [-0.4, -0.2) is 15.8 Å². The molecule has 2 aromatic heterocycles. The number of hydrogen-bond donors (Lipinski definition) is 1. The summed E-state index contributed by atoms with van der Waals surface area (Å²) in [6.45, 7) is 0. The van der Waals surface area contributed by atoms with E-state index >= 15 is 0 Å². The molecule has 0 aliphatic rings. The standard InChI is InChI=1S/C12H10BrN3O/c13-9-1-2-10(16-7-9)11(17)5-8-3-4-15-12(14)6-8/h1-4,6-7H,5H2,(H2,14,15). The van der Waals surface area contributed by atoms with Crippen LogP contribution in [0.15, 0.2) is 41.1 Å². The number of pyridine rings is 2. The quantitative estimate of drug-likeness (QED) is 0.881. The zero-order chi connectivity index (χ0) is 12.3. The maximum Gasteiger partial charge on any atom is 0.185 e. The van der Waals surface area contributed by atoms with E-state index in [0.29, 0.717) is 11.5 Å². The zero-order valence-corrected chi connectivity index (χ0v) is 10.5. The van der Waals surface area contributed by atoms with Gasteiger partial charge in [-0.15, -0.1) is 0 Å². The van der Waals surface area contributed by atoms with Gasteiger partial charge in [0.05, 0.1) is 0 Å². The van der Waals surface area contributed by atoms with Crippen LogP contribution in [0.2, 0.25) is 0 Å². The maximum absolute atomic E-state index is 11.9. The lowest BCUT2D eigenvalue weighted by atomic mass is 10.1. The number of nitrogens with zero attached hydrogens (tertiary/aromatic N) is 2. The number of aromatic nitrogens is 2. The van der Waals surface area contributed by atoms with Crippen molar-refractivity contribution in [3.05, 3.63) is 52.4 Å². The smallest absolute Gasteiger partial charge is 0.185 e. The number of nitrogens with two attached hydrogens (primary N) is 1. The van der Waals surface area contributed by atoms with Crippen molar-refractivity contribution in [2.45, 2.75) is 6.42 Å².